The number of nitrogens with one attached hydrogen (secondary N) is 1. The van der Waals surface area contributed by atoms with E-state index in [2.05, 4.69) is 5.32 Å². The zero-order valence-corrected chi connectivity index (χ0v) is 19.4. The van der Waals surface area contributed by atoms with Crippen molar-refractivity contribution < 1.29 is 13.8 Å². The molecule has 1 heterocycles. The predicted molar refractivity (Wildman–Crippen MR) is 133 cm³/mol. The fraction of sp³-hybridized carbons (Fsp3) is 0.214. The molecule has 0 bridgehead atoms. The van der Waals surface area contributed by atoms with Gasteiger partial charge in [-0.1, -0.05) is 60.7 Å². The van der Waals surface area contributed by atoms with E-state index in [9.17, 15) is 14.4 Å². The number of nitrogens with zero attached hydrogens (tertiary/aromatic N) is 2. The van der Waals surface area contributed by atoms with E-state index >= 15 is 0 Å². The zero-order valence-electron chi connectivity index (χ0n) is 19.4. The molecule has 174 valence electrons. The summed E-state index contributed by atoms with van der Waals surface area (Å²) in [7, 11) is 3.12. The number of hydroxylamine groups is 3. The summed E-state index contributed by atoms with van der Waals surface area (Å²) in [5, 5.41) is 16.5. The summed E-state index contributed by atoms with van der Waals surface area (Å²) >= 11 is 0. The number of hydrogen-bond acceptors (Lipinski definition) is 3. The number of para-hydroxylation sites is 1. The smallest absolute Gasteiger partial charge is 0.252 e. The Morgan fingerprint density at radius 2 is 1.74 bits per heavy atom. The molecule has 34 heavy (non-hydrogen) atoms. The molecule has 0 fully saturated rings. The van der Waals surface area contributed by atoms with Gasteiger partial charge in [0.2, 0.25) is 0 Å². The molecule has 0 atom stereocenters. The second-order valence-electron chi connectivity index (χ2n) is 8.92. The fourth-order valence-corrected chi connectivity index (χ4v) is 4.16. The number of hydrogen-bond donors (Lipinski definition) is 1. The average molecular weight is 458 g/mol. The maximum atomic E-state index is 13.5. The first-order valence-electron chi connectivity index (χ1n) is 11.4. The van der Waals surface area contributed by atoms with Crippen molar-refractivity contribution >= 4 is 16.8 Å². The molecular weight excluding hydrogens is 429 g/mol. The van der Waals surface area contributed by atoms with Crippen LogP contribution in [0.4, 0.5) is 4.39 Å². The van der Waals surface area contributed by atoms with Crippen molar-refractivity contribution in [2.24, 2.45) is 0 Å². The summed E-state index contributed by atoms with van der Waals surface area (Å²) in [6.07, 6.45) is 1.32. The lowest BCUT2D eigenvalue weighted by Gasteiger charge is -2.35. The van der Waals surface area contributed by atoms with Crippen LogP contribution in [-0.2, 0) is 13.0 Å². The van der Waals surface area contributed by atoms with Crippen LogP contribution >= 0.6 is 0 Å². The van der Waals surface area contributed by atoms with E-state index in [1.807, 2.05) is 60.7 Å². The summed E-state index contributed by atoms with van der Waals surface area (Å²) in [4.78, 5) is 18.4. The summed E-state index contributed by atoms with van der Waals surface area (Å²) in [5.74, 6) is -0.500. The molecule has 4 rings (SSSR count). The third-order valence-electron chi connectivity index (χ3n) is 5.62. The van der Waals surface area contributed by atoms with Gasteiger partial charge in [-0.3, -0.25) is 4.79 Å². The minimum atomic E-state index is -0.584. The first-order valence-corrected chi connectivity index (χ1v) is 11.4. The van der Waals surface area contributed by atoms with Crippen molar-refractivity contribution in [3.63, 3.8) is 0 Å². The Morgan fingerprint density at radius 1 is 1.00 bits per heavy atom. The zero-order chi connectivity index (χ0) is 24.1. The van der Waals surface area contributed by atoms with E-state index in [4.69, 9.17) is 4.98 Å². The maximum Gasteiger partial charge on any atom is 0.252 e. The van der Waals surface area contributed by atoms with E-state index in [1.54, 1.807) is 20.2 Å². The third-order valence-corrected chi connectivity index (χ3v) is 5.62. The summed E-state index contributed by atoms with van der Waals surface area (Å²) in [6.45, 7) is 0.538. The molecule has 0 spiro atoms. The van der Waals surface area contributed by atoms with Crippen LogP contribution in [-0.4, -0.2) is 36.2 Å². The van der Waals surface area contributed by atoms with Crippen molar-refractivity contribution in [2.45, 2.75) is 19.4 Å². The number of fused-ring (bicyclic) bond motifs is 1. The van der Waals surface area contributed by atoms with Crippen molar-refractivity contribution in [1.29, 1.82) is 0 Å². The number of carbonyl (C=O) groups excluding carboxylic acids is 1. The Labute approximate surface area is 199 Å². The first-order chi connectivity index (χ1) is 16.3. The molecule has 1 aromatic heterocycles. The molecule has 0 aliphatic heterocycles. The molecule has 1 N–H and O–H groups in total. The molecule has 0 unspecified atom stereocenters. The topological polar surface area (TPSA) is 65.0 Å². The largest absolute Gasteiger partial charge is 0.633 e. The Bertz CT molecular complexity index is 1300. The summed E-state index contributed by atoms with van der Waals surface area (Å²) < 4.78 is 12.8. The van der Waals surface area contributed by atoms with Crippen LogP contribution in [0, 0.1) is 11.0 Å². The highest BCUT2D eigenvalue weighted by Gasteiger charge is 2.24. The monoisotopic (exact) mass is 457 g/mol. The molecule has 6 heteroatoms. The summed E-state index contributed by atoms with van der Waals surface area (Å²) in [5.41, 5.74) is 4.21. The fourth-order valence-electron chi connectivity index (χ4n) is 4.16. The highest BCUT2D eigenvalue weighted by molar-refractivity contribution is 6.09. The molecule has 1 amide bonds. The van der Waals surface area contributed by atoms with Crippen LogP contribution in [0.1, 0.15) is 27.9 Å². The molecule has 4 aromatic rings. The van der Waals surface area contributed by atoms with Crippen LogP contribution in [0.2, 0.25) is 0 Å². The lowest BCUT2D eigenvalue weighted by Crippen LogP contribution is -2.34. The number of quaternary nitrogens is 1. The standard InChI is InChI=1S/C28H28FN3O2/c1-32(2,34)19-24-26(28(33)30-17-9-11-20-10-8-14-22(29)18-20)23-15-6-7-16-25(23)31-27(24)21-12-4-3-5-13-21/h3-8,10,12-16,18H,9,11,17,19H2,1-2H3,(H,30,33). The average Bonchev–Trinajstić information content (AvgIpc) is 2.81. The molecular formula is C28H28FN3O2. The van der Waals surface area contributed by atoms with E-state index in [1.165, 1.54) is 12.1 Å². The number of benzene rings is 3. The number of rotatable bonds is 8. The lowest BCUT2D eigenvalue weighted by atomic mass is 9.95. The predicted octanol–water partition coefficient (Wildman–Crippen LogP) is 5.48. The Kier molecular flexibility index (Phi) is 7.01. The molecule has 0 aliphatic rings. The van der Waals surface area contributed by atoms with Gasteiger partial charge in [0.05, 0.1) is 30.9 Å². The molecule has 5 nitrogen and oxygen atoms in total. The minimum Gasteiger partial charge on any atom is -0.633 e. The number of amides is 1. The second-order valence-corrected chi connectivity index (χ2v) is 8.92. The van der Waals surface area contributed by atoms with Crippen LogP contribution in [0.25, 0.3) is 22.2 Å². The summed E-state index contributed by atoms with van der Waals surface area (Å²) in [6, 6.07) is 23.6. The van der Waals surface area contributed by atoms with Gasteiger partial charge in [-0.2, -0.15) is 0 Å². The maximum absolute atomic E-state index is 13.5. The lowest BCUT2D eigenvalue weighted by molar-refractivity contribution is -0.853. The van der Waals surface area contributed by atoms with Gasteiger partial charge in [0.15, 0.2) is 0 Å². The van der Waals surface area contributed by atoms with Gasteiger partial charge in [0, 0.05) is 23.1 Å². The van der Waals surface area contributed by atoms with E-state index in [-0.39, 0.29) is 18.3 Å². The van der Waals surface area contributed by atoms with Gasteiger partial charge >= 0.3 is 0 Å². The number of pyridine rings is 1. The Balaban J connectivity index is 1.69. The number of carbonyl (C=O) groups is 1. The van der Waals surface area contributed by atoms with Gasteiger partial charge in [0.25, 0.3) is 5.91 Å². The number of halogens is 1. The van der Waals surface area contributed by atoms with Crippen LogP contribution in [0.3, 0.4) is 0 Å². The molecule has 3 aromatic carbocycles. The third kappa shape index (κ3) is 5.65. The SMILES string of the molecule is C[N+](C)([O-])Cc1c(-c2ccccc2)nc2ccccc2c1C(=O)NCCCc1cccc(F)c1. The van der Waals surface area contributed by atoms with Crippen LogP contribution < -0.4 is 5.32 Å². The Hall–Kier alpha value is -3.61. The molecule has 0 radical (unpaired) electrons. The number of aromatic nitrogens is 1. The molecule has 0 aliphatic carbocycles. The molecule has 0 saturated carbocycles. The first kappa shape index (κ1) is 23.5. The number of aryl methyl sites for hydroxylation is 1. The van der Waals surface area contributed by atoms with Crippen LogP contribution in [0.15, 0.2) is 78.9 Å². The minimum absolute atomic E-state index is 0.105. The van der Waals surface area contributed by atoms with E-state index < -0.39 is 4.65 Å². The van der Waals surface area contributed by atoms with Crippen molar-refractivity contribution in [1.82, 2.24) is 10.3 Å². The highest BCUT2D eigenvalue weighted by Crippen LogP contribution is 2.32. The molecule has 0 saturated heterocycles. The van der Waals surface area contributed by atoms with Gasteiger partial charge in [-0.15, -0.1) is 0 Å². The van der Waals surface area contributed by atoms with Crippen molar-refractivity contribution in [2.75, 3.05) is 20.6 Å². The van der Waals surface area contributed by atoms with Crippen molar-refractivity contribution in [3.8, 4) is 11.3 Å². The van der Waals surface area contributed by atoms with Gasteiger partial charge in [-0.05, 0) is 36.6 Å². The highest BCUT2D eigenvalue weighted by atomic mass is 19.1. The quantitative estimate of drug-likeness (QED) is 0.217. The second kappa shape index (κ2) is 10.1. The van der Waals surface area contributed by atoms with E-state index in [0.717, 1.165) is 11.1 Å². The van der Waals surface area contributed by atoms with Crippen LogP contribution in [0.5, 0.6) is 0 Å². The van der Waals surface area contributed by atoms with Gasteiger partial charge in [0.1, 0.15) is 12.4 Å². The Morgan fingerprint density at radius 3 is 2.47 bits per heavy atom. The van der Waals surface area contributed by atoms with Gasteiger partial charge in [-0.25, -0.2) is 9.37 Å². The van der Waals surface area contributed by atoms with E-state index in [0.29, 0.717) is 47.1 Å². The van der Waals surface area contributed by atoms with Crippen molar-refractivity contribution in [3.05, 3.63) is 107 Å². The van der Waals surface area contributed by atoms with Gasteiger partial charge < -0.3 is 15.2 Å². The normalized spacial score (nSPS) is 11.5.